The molecular weight excluding hydrogens is 422 g/mol. The van der Waals surface area contributed by atoms with Gasteiger partial charge in [0, 0.05) is 18.7 Å². The molecule has 0 aliphatic carbocycles. The number of nitrogens with zero attached hydrogens (tertiary/aromatic N) is 3. The van der Waals surface area contributed by atoms with Crippen LogP contribution in [0.3, 0.4) is 0 Å². The molecule has 162 valence electrons. The first kappa shape index (κ1) is 21.2. The van der Waals surface area contributed by atoms with Crippen molar-refractivity contribution in [1.82, 2.24) is 14.4 Å². The summed E-state index contributed by atoms with van der Waals surface area (Å²) in [5.41, 5.74) is 1.45. The zero-order valence-electron chi connectivity index (χ0n) is 16.9. The van der Waals surface area contributed by atoms with Crippen LogP contribution < -0.4 is 0 Å². The number of hydrogen-bond donors (Lipinski definition) is 0. The van der Waals surface area contributed by atoms with Crippen molar-refractivity contribution in [2.24, 2.45) is 0 Å². The minimum absolute atomic E-state index is 0.0769. The highest BCUT2D eigenvalue weighted by Crippen LogP contribution is 2.23. The quantitative estimate of drug-likeness (QED) is 0.534. The van der Waals surface area contributed by atoms with Gasteiger partial charge in [-0.15, -0.1) is 0 Å². The zero-order valence-corrected chi connectivity index (χ0v) is 17.7. The molecule has 2 aromatic carbocycles. The molecule has 0 saturated carbocycles. The van der Waals surface area contributed by atoms with Crippen LogP contribution in [-0.2, 0) is 26.1 Å². The Hall–Kier alpha value is -3.08. The van der Waals surface area contributed by atoms with E-state index in [9.17, 15) is 13.2 Å². The Kier molecular flexibility index (Phi) is 6.12. The van der Waals surface area contributed by atoms with E-state index in [2.05, 4.69) is 10.1 Å². The van der Waals surface area contributed by atoms with Crippen LogP contribution in [-0.4, -0.2) is 55.1 Å². The van der Waals surface area contributed by atoms with Gasteiger partial charge in [0.1, 0.15) is 0 Å². The van der Waals surface area contributed by atoms with Crippen molar-refractivity contribution in [3.63, 3.8) is 0 Å². The normalized spacial score (nSPS) is 15.0. The third-order valence-corrected chi connectivity index (χ3v) is 6.88. The number of aromatic nitrogens is 2. The summed E-state index contributed by atoms with van der Waals surface area (Å²) >= 11 is 0. The third-order valence-electron chi connectivity index (χ3n) is 4.84. The van der Waals surface area contributed by atoms with Gasteiger partial charge in [-0.3, -0.25) is 0 Å². The number of rotatable bonds is 6. The largest absolute Gasteiger partial charge is 0.452 e. The van der Waals surface area contributed by atoms with Crippen LogP contribution in [0, 0.1) is 6.92 Å². The van der Waals surface area contributed by atoms with Gasteiger partial charge >= 0.3 is 5.97 Å². The Labute approximate surface area is 179 Å². The summed E-state index contributed by atoms with van der Waals surface area (Å²) in [6.45, 7) is 2.70. The van der Waals surface area contributed by atoms with Crippen molar-refractivity contribution in [1.29, 1.82) is 0 Å². The molecular formula is C21H21N3O6S. The Bertz CT molecular complexity index is 1170. The van der Waals surface area contributed by atoms with Crippen LogP contribution in [0.15, 0.2) is 57.9 Å². The van der Waals surface area contributed by atoms with Gasteiger partial charge in [0.25, 0.3) is 5.89 Å². The van der Waals surface area contributed by atoms with Gasteiger partial charge in [-0.05, 0) is 24.6 Å². The van der Waals surface area contributed by atoms with Gasteiger partial charge in [-0.2, -0.15) is 9.29 Å². The van der Waals surface area contributed by atoms with Crippen LogP contribution in [0.25, 0.3) is 11.4 Å². The third kappa shape index (κ3) is 4.66. The predicted molar refractivity (Wildman–Crippen MR) is 110 cm³/mol. The second kappa shape index (κ2) is 8.96. The summed E-state index contributed by atoms with van der Waals surface area (Å²) in [4.78, 5) is 16.8. The van der Waals surface area contributed by atoms with Crippen molar-refractivity contribution in [3.8, 4) is 11.4 Å². The molecule has 0 radical (unpaired) electrons. The standard InChI is InChI=1S/C21H21N3O6S/c1-15-7-8-17(13-18(15)31(26,27)24-9-11-28-12-10-24)21(25)29-14-19-22-20(23-30-19)16-5-3-2-4-6-16/h2-8,13H,9-12,14H2,1H3. The lowest BCUT2D eigenvalue weighted by Crippen LogP contribution is -2.40. The molecule has 10 heteroatoms. The highest BCUT2D eigenvalue weighted by atomic mass is 32.2. The van der Waals surface area contributed by atoms with Crippen LogP contribution in [0.2, 0.25) is 0 Å². The fourth-order valence-electron chi connectivity index (χ4n) is 3.16. The van der Waals surface area contributed by atoms with Gasteiger partial charge in [0.2, 0.25) is 15.8 Å². The summed E-state index contributed by atoms with van der Waals surface area (Å²) in [7, 11) is -3.74. The maximum absolute atomic E-state index is 13.0. The summed E-state index contributed by atoms with van der Waals surface area (Å²) in [6, 6.07) is 13.7. The lowest BCUT2D eigenvalue weighted by Gasteiger charge is -2.26. The molecule has 4 rings (SSSR count). The molecule has 1 aliphatic heterocycles. The number of esters is 1. The van der Waals surface area contributed by atoms with Crippen LogP contribution in [0.4, 0.5) is 0 Å². The minimum Gasteiger partial charge on any atom is -0.452 e. The molecule has 1 aliphatic rings. The number of ether oxygens (including phenoxy) is 2. The van der Waals surface area contributed by atoms with Crippen molar-refractivity contribution in [2.45, 2.75) is 18.4 Å². The average molecular weight is 443 g/mol. The number of sulfonamides is 1. The Balaban J connectivity index is 1.47. The molecule has 0 atom stereocenters. The van der Waals surface area contributed by atoms with E-state index in [-0.39, 0.29) is 36.0 Å². The molecule has 0 unspecified atom stereocenters. The first-order chi connectivity index (χ1) is 14.9. The molecule has 1 saturated heterocycles. The van der Waals surface area contributed by atoms with Crippen molar-refractivity contribution >= 4 is 16.0 Å². The molecule has 2 heterocycles. The minimum atomic E-state index is -3.74. The fourth-order valence-corrected chi connectivity index (χ4v) is 4.82. The van der Waals surface area contributed by atoms with Crippen molar-refractivity contribution in [3.05, 3.63) is 65.5 Å². The molecule has 0 bridgehead atoms. The maximum Gasteiger partial charge on any atom is 0.338 e. The monoisotopic (exact) mass is 443 g/mol. The van der Waals surface area contributed by atoms with E-state index in [1.165, 1.54) is 16.4 Å². The first-order valence-corrected chi connectivity index (χ1v) is 11.1. The van der Waals surface area contributed by atoms with Gasteiger partial charge in [0.15, 0.2) is 6.61 Å². The molecule has 0 amide bonds. The van der Waals surface area contributed by atoms with E-state index in [4.69, 9.17) is 14.0 Å². The summed E-state index contributed by atoms with van der Waals surface area (Å²) in [5.74, 6) is -0.153. The lowest BCUT2D eigenvalue weighted by atomic mass is 10.1. The van der Waals surface area contributed by atoms with Crippen molar-refractivity contribution in [2.75, 3.05) is 26.3 Å². The highest BCUT2D eigenvalue weighted by molar-refractivity contribution is 7.89. The maximum atomic E-state index is 13.0. The Morgan fingerprint density at radius 1 is 1.13 bits per heavy atom. The lowest BCUT2D eigenvalue weighted by molar-refractivity contribution is 0.0429. The molecule has 9 nitrogen and oxygen atoms in total. The number of aryl methyl sites for hydroxylation is 1. The molecule has 3 aromatic rings. The summed E-state index contributed by atoms with van der Waals surface area (Å²) in [5, 5.41) is 3.87. The smallest absolute Gasteiger partial charge is 0.338 e. The van der Waals surface area contributed by atoms with Gasteiger partial charge in [-0.1, -0.05) is 41.6 Å². The second-order valence-corrected chi connectivity index (χ2v) is 8.86. The van der Waals surface area contributed by atoms with E-state index in [1.807, 2.05) is 30.3 Å². The van der Waals surface area contributed by atoms with E-state index in [0.717, 1.165) is 5.56 Å². The topological polar surface area (TPSA) is 112 Å². The molecule has 0 spiro atoms. The predicted octanol–water partition coefficient (Wildman–Crippen LogP) is 2.42. The fraction of sp³-hybridized carbons (Fsp3) is 0.286. The number of morpholine rings is 1. The molecule has 1 aromatic heterocycles. The average Bonchev–Trinajstić information content (AvgIpc) is 3.28. The SMILES string of the molecule is Cc1ccc(C(=O)OCc2nc(-c3ccccc3)no2)cc1S(=O)(=O)N1CCOCC1. The summed E-state index contributed by atoms with van der Waals surface area (Å²) in [6.07, 6.45) is 0. The van der Waals surface area contributed by atoms with E-state index in [0.29, 0.717) is 24.6 Å². The van der Waals surface area contributed by atoms with Gasteiger partial charge in [0.05, 0.1) is 23.7 Å². The van der Waals surface area contributed by atoms with E-state index < -0.39 is 16.0 Å². The van der Waals surface area contributed by atoms with Gasteiger partial charge in [-0.25, -0.2) is 13.2 Å². The van der Waals surface area contributed by atoms with Crippen LogP contribution in [0.1, 0.15) is 21.8 Å². The van der Waals surface area contributed by atoms with E-state index in [1.54, 1.807) is 13.0 Å². The number of hydrogen-bond acceptors (Lipinski definition) is 8. The second-order valence-electron chi connectivity index (χ2n) is 6.95. The van der Waals surface area contributed by atoms with Gasteiger partial charge < -0.3 is 14.0 Å². The summed E-state index contributed by atoms with van der Waals surface area (Å²) < 4.78 is 42.9. The Morgan fingerprint density at radius 3 is 2.61 bits per heavy atom. The first-order valence-electron chi connectivity index (χ1n) is 9.69. The van der Waals surface area contributed by atoms with Crippen molar-refractivity contribution < 1.29 is 27.2 Å². The number of carbonyl (C=O) groups is 1. The van der Waals surface area contributed by atoms with E-state index >= 15 is 0 Å². The Morgan fingerprint density at radius 2 is 1.87 bits per heavy atom. The zero-order chi connectivity index (χ0) is 21.8. The molecule has 1 fully saturated rings. The van der Waals surface area contributed by atoms with Crippen LogP contribution >= 0.6 is 0 Å². The highest BCUT2D eigenvalue weighted by Gasteiger charge is 2.28. The number of carbonyl (C=O) groups excluding carboxylic acids is 1. The molecule has 31 heavy (non-hydrogen) atoms. The number of benzene rings is 2. The van der Waals surface area contributed by atoms with Crippen LogP contribution in [0.5, 0.6) is 0 Å². The molecule has 0 N–H and O–H groups in total.